The SMILES string of the molecule is CC(C)C(N)C(=O)NCC(=O)N1CCCC1C(=O)NC(CCC(=O)O)C(=O)O. The molecule has 0 saturated carbocycles. The van der Waals surface area contributed by atoms with Gasteiger partial charge < -0.3 is 31.5 Å². The maximum atomic E-state index is 12.4. The molecule has 158 valence electrons. The summed E-state index contributed by atoms with van der Waals surface area (Å²) in [6.07, 6.45) is 0.228. The minimum Gasteiger partial charge on any atom is -0.481 e. The lowest BCUT2D eigenvalue weighted by atomic mass is 10.1. The molecule has 0 bridgehead atoms. The van der Waals surface area contributed by atoms with Crippen molar-refractivity contribution in [3.63, 3.8) is 0 Å². The van der Waals surface area contributed by atoms with E-state index in [1.54, 1.807) is 13.8 Å². The molecule has 0 aromatic carbocycles. The number of carbonyl (C=O) groups excluding carboxylic acids is 3. The number of carboxylic acid groups (broad SMARTS) is 2. The minimum atomic E-state index is -1.36. The average Bonchev–Trinajstić information content (AvgIpc) is 3.11. The van der Waals surface area contributed by atoms with Crippen LogP contribution in [0.2, 0.25) is 0 Å². The summed E-state index contributed by atoms with van der Waals surface area (Å²) in [7, 11) is 0. The van der Waals surface area contributed by atoms with Gasteiger partial charge in [0.25, 0.3) is 0 Å². The van der Waals surface area contributed by atoms with Crippen LogP contribution in [0.15, 0.2) is 0 Å². The van der Waals surface area contributed by atoms with E-state index in [0.717, 1.165) is 0 Å². The van der Waals surface area contributed by atoms with Gasteiger partial charge in [0, 0.05) is 13.0 Å². The lowest BCUT2D eigenvalue weighted by Gasteiger charge is -2.26. The first-order chi connectivity index (χ1) is 13.0. The van der Waals surface area contributed by atoms with Gasteiger partial charge in [-0.15, -0.1) is 0 Å². The molecule has 1 rings (SSSR count). The highest BCUT2D eigenvalue weighted by Gasteiger charge is 2.36. The number of hydrogen-bond donors (Lipinski definition) is 5. The second-order valence-corrected chi connectivity index (χ2v) is 7.06. The molecule has 0 radical (unpaired) electrons. The van der Waals surface area contributed by atoms with Crippen LogP contribution in [0.25, 0.3) is 0 Å². The Morgan fingerprint density at radius 2 is 1.82 bits per heavy atom. The highest BCUT2D eigenvalue weighted by molar-refractivity contribution is 5.93. The minimum absolute atomic E-state index is 0.0980. The van der Waals surface area contributed by atoms with Gasteiger partial charge in [0.2, 0.25) is 17.7 Å². The van der Waals surface area contributed by atoms with Crippen LogP contribution in [0.4, 0.5) is 0 Å². The van der Waals surface area contributed by atoms with Crippen molar-refractivity contribution in [1.29, 1.82) is 0 Å². The number of nitrogens with one attached hydrogen (secondary N) is 2. The van der Waals surface area contributed by atoms with Crippen LogP contribution in [0.3, 0.4) is 0 Å². The Bertz CT molecular complexity index is 623. The first-order valence-electron chi connectivity index (χ1n) is 9.12. The van der Waals surface area contributed by atoms with E-state index in [4.69, 9.17) is 15.9 Å². The summed E-state index contributed by atoms with van der Waals surface area (Å²) in [5, 5.41) is 22.6. The number of likely N-dealkylation sites (tertiary alicyclic amines) is 1. The van der Waals surface area contributed by atoms with E-state index in [1.165, 1.54) is 4.90 Å². The van der Waals surface area contributed by atoms with E-state index in [9.17, 15) is 24.0 Å². The average molecular weight is 400 g/mol. The fourth-order valence-corrected chi connectivity index (χ4v) is 2.82. The molecule has 1 aliphatic rings. The number of amides is 3. The molecule has 11 heteroatoms. The quantitative estimate of drug-likeness (QED) is 0.294. The van der Waals surface area contributed by atoms with Gasteiger partial charge in [-0.25, -0.2) is 4.79 Å². The zero-order valence-corrected chi connectivity index (χ0v) is 16.0. The molecular formula is C17H28N4O7. The number of rotatable bonds is 10. The van der Waals surface area contributed by atoms with E-state index in [0.29, 0.717) is 19.4 Å². The fraction of sp³-hybridized carbons (Fsp3) is 0.706. The maximum absolute atomic E-state index is 12.4. The van der Waals surface area contributed by atoms with Gasteiger partial charge in [-0.3, -0.25) is 19.2 Å². The zero-order valence-electron chi connectivity index (χ0n) is 16.0. The number of aliphatic carboxylic acids is 2. The fourth-order valence-electron chi connectivity index (χ4n) is 2.82. The topological polar surface area (TPSA) is 179 Å². The summed E-state index contributed by atoms with van der Waals surface area (Å²) >= 11 is 0. The Morgan fingerprint density at radius 3 is 2.36 bits per heavy atom. The van der Waals surface area contributed by atoms with Gasteiger partial charge in [-0.1, -0.05) is 13.8 Å². The van der Waals surface area contributed by atoms with E-state index in [-0.39, 0.29) is 18.9 Å². The Morgan fingerprint density at radius 1 is 1.18 bits per heavy atom. The van der Waals surface area contributed by atoms with E-state index < -0.39 is 54.2 Å². The highest BCUT2D eigenvalue weighted by atomic mass is 16.4. The molecular weight excluding hydrogens is 372 g/mol. The molecule has 3 unspecified atom stereocenters. The summed E-state index contributed by atoms with van der Waals surface area (Å²) in [4.78, 5) is 59.8. The molecule has 11 nitrogen and oxygen atoms in total. The van der Waals surface area contributed by atoms with Crippen LogP contribution >= 0.6 is 0 Å². The van der Waals surface area contributed by atoms with Crippen molar-refractivity contribution in [2.24, 2.45) is 11.7 Å². The van der Waals surface area contributed by atoms with E-state index in [1.807, 2.05) is 0 Å². The van der Waals surface area contributed by atoms with Gasteiger partial charge in [-0.2, -0.15) is 0 Å². The van der Waals surface area contributed by atoms with Crippen LogP contribution in [0, 0.1) is 5.92 Å². The molecule has 0 spiro atoms. The van der Waals surface area contributed by atoms with Crippen molar-refractivity contribution >= 4 is 29.7 Å². The second kappa shape index (κ2) is 10.6. The first kappa shape index (κ1) is 23.3. The van der Waals surface area contributed by atoms with E-state index >= 15 is 0 Å². The molecule has 3 amide bonds. The summed E-state index contributed by atoms with van der Waals surface area (Å²) < 4.78 is 0. The van der Waals surface area contributed by atoms with E-state index in [2.05, 4.69) is 10.6 Å². The monoisotopic (exact) mass is 400 g/mol. The summed E-state index contributed by atoms with van der Waals surface area (Å²) in [6.45, 7) is 3.53. The van der Waals surface area contributed by atoms with Crippen molar-refractivity contribution in [3.8, 4) is 0 Å². The third kappa shape index (κ3) is 6.80. The van der Waals surface area contributed by atoms with Gasteiger partial charge >= 0.3 is 11.9 Å². The first-order valence-corrected chi connectivity index (χ1v) is 9.12. The Balaban J connectivity index is 2.65. The lowest BCUT2D eigenvalue weighted by molar-refractivity contribution is -0.144. The molecule has 1 saturated heterocycles. The van der Waals surface area contributed by atoms with Crippen LogP contribution in [-0.4, -0.2) is 76.0 Å². The van der Waals surface area contributed by atoms with Crippen molar-refractivity contribution in [2.45, 2.75) is 57.7 Å². The van der Waals surface area contributed by atoms with Crippen molar-refractivity contribution in [3.05, 3.63) is 0 Å². The number of carbonyl (C=O) groups is 5. The third-order valence-electron chi connectivity index (χ3n) is 4.57. The number of hydrogen-bond acceptors (Lipinski definition) is 6. The summed E-state index contributed by atoms with van der Waals surface area (Å²) in [5.41, 5.74) is 5.71. The van der Waals surface area contributed by atoms with Gasteiger partial charge in [0.1, 0.15) is 12.1 Å². The van der Waals surface area contributed by atoms with Crippen LogP contribution in [0.5, 0.6) is 0 Å². The van der Waals surface area contributed by atoms with Crippen molar-refractivity contribution < 1.29 is 34.2 Å². The van der Waals surface area contributed by atoms with Crippen LogP contribution < -0.4 is 16.4 Å². The largest absolute Gasteiger partial charge is 0.481 e. The molecule has 0 aromatic heterocycles. The number of carboxylic acids is 2. The molecule has 1 fully saturated rings. The standard InChI is InChI=1S/C17H28N4O7/c1-9(2)14(18)16(26)19-8-12(22)21-7-3-4-11(21)15(25)20-10(17(27)28)5-6-13(23)24/h9-11,14H,3-8,18H2,1-2H3,(H,19,26)(H,20,25)(H,23,24)(H,27,28). The predicted octanol–water partition coefficient (Wildman–Crippen LogP) is -1.49. The smallest absolute Gasteiger partial charge is 0.326 e. The number of nitrogens with zero attached hydrogens (tertiary/aromatic N) is 1. The number of nitrogens with two attached hydrogens (primary N) is 1. The molecule has 6 N–H and O–H groups in total. The highest BCUT2D eigenvalue weighted by Crippen LogP contribution is 2.18. The molecule has 1 aliphatic heterocycles. The summed E-state index contributed by atoms with van der Waals surface area (Å²) in [5.74, 6) is -4.22. The van der Waals surface area contributed by atoms with Crippen molar-refractivity contribution in [2.75, 3.05) is 13.1 Å². The Hall–Kier alpha value is -2.69. The Labute approximate surface area is 162 Å². The normalized spacial score (nSPS) is 18.4. The molecule has 0 aromatic rings. The van der Waals surface area contributed by atoms with Crippen LogP contribution in [0.1, 0.15) is 39.5 Å². The molecule has 28 heavy (non-hydrogen) atoms. The van der Waals surface area contributed by atoms with Crippen LogP contribution in [-0.2, 0) is 24.0 Å². The molecule has 1 heterocycles. The summed E-state index contributed by atoms with van der Waals surface area (Å²) in [6, 6.07) is -2.98. The van der Waals surface area contributed by atoms with Gasteiger partial charge in [0.15, 0.2) is 0 Å². The van der Waals surface area contributed by atoms with Crippen molar-refractivity contribution in [1.82, 2.24) is 15.5 Å². The Kier molecular flexibility index (Phi) is 8.83. The predicted molar refractivity (Wildman–Crippen MR) is 97.0 cm³/mol. The lowest BCUT2D eigenvalue weighted by Crippen LogP contribution is -2.53. The third-order valence-corrected chi connectivity index (χ3v) is 4.57. The zero-order chi connectivity index (χ0) is 21.4. The second-order valence-electron chi connectivity index (χ2n) is 7.06. The maximum Gasteiger partial charge on any atom is 0.326 e. The van der Waals surface area contributed by atoms with Gasteiger partial charge in [-0.05, 0) is 25.2 Å². The molecule has 0 aliphatic carbocycles. The molecule has 3 atom stereocenters. The van der Waals surface area contributed by atoms with Gasteiger partial charge in [0.05, 0.1) is 12.6 Å².